The van der Waals surface area contributed by atoms with Crippen LogP contribution >= 0.6 is 0 Å². The minimum Gasteiger partial charge on any atom is -0.315 e. The van der Waals surface area contributed by atoms with Crippen LogP contribution in [0, 0.1) is 5.92 Å². The van der Waals surface area contributed by atoms with Crippen molar-refractivity contribution in [2.75, 3.05) is 7.05 Å². The summed E-state index contributed by atoms with van der Waals surface area (Å²) in [5.74, 6) is 1.45. The van der Waals surface area contributed by atoms with E-state index in [-0.39, 0.29) is 5.69 Å². The minimum absolute atomic E-state index is 0.0561. The molecule has 0 saturated carbocycles. The number of rotatable bonds is 4. The fraction of sp³-hybridized carbons (Fsp3) is 0.833. The van der Waals surface area contributed by atoms with E-state index in [1.165, 1.54) is 0 Å². The molecule has 0 saturated heterocycles. The zero-order valence-electron chi connectivity index (χ0n) is 10.9. The molecule has 17 heavy (non-hydrogen) atoms. The number of hydrogen-bond donors (Lipinski definition) is 1. The first-order valence-electron chi connectivity index (χ1n) is 6.47. The van der Waals surface area contributed by atoms with Crippen molar-refractivity contribution in [2.24, 2.45) is 5.92 Å². The molecule has 5 nitrogen and oxygen atoms in total. The highest BCUT2D eigenvalue weighted by Gasteiger charge is 2.19. The highest BCUT2D eigenvalue weighted by Crippen LogP contribution is 2.10. The van der Waals surface area contributed by atoms with Gasteiger partial charge in [0.05, 0.1) is 6.54 Å². The van der Waals surface area contributed by atoms with Gasteiger partial charge in [-0.1, -0.05) is 13.8 Å². The van der Waals surface area contributed by atoms with Gasteiger partial charge in [0.25, 0.3) is 0 Å². The number of nitrogens with one attached hydrogen (secondary N) is 1. The SMILES string of the molecule is CNC(Cn1nc2n(c1=O)CCCC2)C(C)C. The summed E-state index contributed by atoms with van der Waals surface area (Å²) < 4.78 is 3.46. The normalized spacial score (nSPS) is 17.2. The van der Waals surface area contributed by atoms with Crippen molar-refractivity contribution in [3.63, 3.8) is 0 Å². The van der Waals surface area contributed by atoms with Gasteiger partial charge in [-0.25, -0.2) is 9.48 Å². The third-order valence-electron chi connectivity index (χ3n) is 3.58. The second-order valence-electron chi connectivity index (χ2n) is 5.13. The van der Waals surface area contributed by atoms with Gasteiger partial charge in [0.1, 0.15) is 5.82 Å². The van der Waals surface area contributed by atoms with E-state index in [1.54, 1.807) is 4.68 Å². The van der Waals surface area contributed by atoms with Gasteiger partial charge in [0, 0.05) is 19.0 Å². The van der Waals surface area contributed by atoms with Crippen molar-refractivity contribution in [1.82, 2.24) is 19.7 Å². The zero-order chi connectivity index (χ0) is 12.4. The van der Waals surface area contributed by atoms with Gasteiger partial charge in [0.15, 0.2) is 0 Å². The summed E-state index contributed by atoms with van der Waals surface area (Å²) in [6.45, 7) is 5.80. The molecule has 0 fully saturated rings. The van der Waals surface area contributed by atoms with Crippen LogP contribution in [0.15, 0.2) is 4.79 Å². The molecular formula is C12H22N4O. The maximum Gasteiger partial charge on any atom is 0.345 e. The van der Waals surface area contributed by atoms with Crippen LogP contribution in [-0.2, 0) is 19.5 Å². The Morgan fingerprint density at radius 1 is 1.41 bits per heavy atom. The van der Waals surface area contributed by atoms with E-state index < -0.39 is 0 Å². The molecule has 1 aromatic heterocycles. The van der Waals surface area contributed by atoms with E-state index in [4.69, 9.17) is 0 Å². The maximum atomic E-state index is 12.1. The molecule has 5 heteroatoms. The fourth-order valence-electron chi connectivity index (χ4n) is 2.39. The van der Waals surface area contributed by atoms with E-state index in [0.29, 0.717) is 18.5 Å². The highest BCUT2D eigenvalue weighted by molar-refractivity contribution is 4.91. The average Bonchev–Trinajstić information content (AvgIpc) is 2.63. The highest BCUT2D eigenvalue weighted by atomic mass is 16.2. The molecule has 96 valence electrons. The second kappa shape index (κ2) is 5.04. The lowest BCUT2D eigenvalue weighted by molar-refractivity contribution is 0.356. The summed E-state index contributed by atoms with van der Waals surface area (Å²) in [5, 5.41) is 7.70. The molecule has 1 aliphatic rings. The van der Waals surface area contributed by atoms with Crippen LogP contribution < -0.4 is 11.0 Å². The Labute approximate surface area is 102 Å². The quantitative estimate of drug-likeness (QED) is 0.837. The summed E-state index contributed by atoms with van der Waals surface area (Å²) in [4.78, 5) is 12.1. The Balaban J connectivity index is 2.22. The molecule has 0 aliphatic carbocycles. The Kier molecular flexibility index (Phi) is 3.66. The van der Waals surface area contributed by atoms with Gasteiger partial charge in [-0.15, -0.1) is 0 Å². The molecule has 0 spiro atoms. The summed E-state index contributed by atoms with van der Waals surface area (Å²) >= 11 is 0. The lowest BCUT2D eigenvalue weighted by Crippen LogP contribution is -2.39. The van der Waals surface area contributed by atoms with Crippen LogP contribution in [-0.4, -0.2) is 27.4 Å². The summed E-state index contributed by atoms with van der Waals surface area (Å²) in [6, 6.07) is 0.296. The minimum atomic E-state index is 0.0561. The van der Waals surface area contributed by atoms with Gasteiger partial charge < -0.3 is 5.32 Å². The molecule has 2 heterocycles. The lowest BCUT2D eigenvalue weighted by Gasteiger charge is -2.19. The zero-order valence-corrected chi connectivity index (χ0v) is 10.9. The second-order valence-corrected chi connectivity index (χ2v) is 5.13. The molecule has 1 atom stereocenters. The molecule has 0 bridgehead atoms. The van der Waals surface area contributed by atoms with Crippen molar-refractivity contribution in [2.45, 2.75) is 52.2 Å². The molecule has 0 amide bonds. The average molecular weight is 238 g/mol. The van der Waals surface area contributed by atoms with Crippen LogP contribution in [0.1, 0.15) is 32.5 Å². The third-order valence-corrected chi connectivity index (χ3v) is 3.58. The van der Waals surface area contributed by atoms with E-state index >= 15 is 0 Å². The number of aromatic nitrogens is 3. The predicted octanol–water partition coefficient (Wildman–Crippen LogP) is 0.625. The molecular weight excluding hydrogens is 216 g/mol. The lowest BCUT2D eigenvalue weighted by atomic mass is 10.1. The van der Waals surface area contributed by atoms with Gasteiger partial charge in [-0.3, -0.25) is 4.57 Å². The van der Waals surface area contributed by atoms with Crippen molar-refractivity contribution < 1.29 is 0 Å². The number of hydrogen-bond acceptors (Lipinski definition) is 3. The number of likely N-dealkylation sites (N-methyl/N-ethyl adjacent to an activating group) is 1. The van der Waals surface area contributed by atoms with E-state index in [1.807, 2.05) is 11.6 Å². The Morgan fingerprint density at radius 3 is 2.76 bits per heavy atom. The maximum absolute atomic E-state index is 12.1. The van der Waals surface area contributed by atoms with E-state index in [9.17, 15) is 4.79 Å². The molecule has 2 rings (SSSR count). The topological polar surface area (TPSA) is 51.9 Å². The number of nitrogens with zero attached hydrogens (tertiary/aromatic N) is 3. The van der Waals surface area contributed by atoms with Gasteiger partial charge in [-0.2, -0.15) is 5.10 Å². The first-order valence-corrected chi connectivity index (χ1v) is 6.47. The van der Waals surface area contributed by atoms with E-state index in [0.717, 1.165) is 31.6 Å². The van der Waals surface area contributed by atoms with Crippen LogP contribution in [0.3, 0.4) is 0 Å². The summed E-state index contributed by atoms with van der Waals surface area (Å²) in [5.41, 5.74) is 0.0561. The Morgan fingerprint density at radius 2 is 2.18 bits per heavy atom. The van der Waals surface area contributed by atoms with Gasteiger partial charge in [0.2, 0.25) is 0 Å². The largest absolute Gasteiger partial charge is 0.345 e. The van der Waals surface area contributed by atoms with Crippen LogP contribution in [0.2, 0.25) is 0 Å². The van der Waals surface area contributed by atoms with Crippen LogP contribution in [0.25, 0.3) is 0 Å². The molecule has 1 unspecified atom stereocenters. The monoisotopic (exact) mass is 238 g/mol. The van der Waals surface area contributed by atoms with Crippen molar-refractivity contribution in [3.05, 3.63) is 16.3 Å². The fourth-order valence-corrected chi connectivity index (χ4v) is 2.39. The first-order chi connectivity index (χ1) is 8.13. The molecule has 0 aromatic carbocycles. The van der Waals surface area contributed by atoms with E-state index in [2.05, 4.69) is 24.3 Å². The number of fused-ring (bicyclic) bond motifs is 1. The van der Waals surface area contributed by atoms with Crippen LogP contribution in [0.5, 0.6) is 0 Å². The third kappa shape index (κ3) is 2.44. The van der Waals surface area contributed by atoms with Gasteiger partial charge in [-0.05, 0) is 25.8 Å². The number of aryl methyl sites for hydroxylation is 1. The molecule has 1 aromatic rings. The smallest absolute Gasteiger partial charge is 0.315 e. The van der Waals surface area contributed by atoms with Crippen molar-refractivity contribution in [1.29, 1.82) is 0 Å². The van der Waals surface area contributed by atoms with Crippen molar-refractivity contribution in [3.8, 4) is 0 Å². The van der Waals surface area contributed by atoms with Gasteiger partial charge >= 0.3 is 5.69 Å². The standard InChI is InChI=1S/C12H22N4O/c1-9(2)10(13-3)8-16-12(17)15-7-5-4-6-11(15)14-16/h9-10,13H,4-8H2,1-3H3. The van der Waals surface area contributed by atoms with Crippen molar-refractivity contribution >= 4 is 0 Å². The first kappa shape index (κ1) is 12.4. The molecule has 1 aliphatic heterocycles. The Bertz CT molecular complexity index is 432. The molecule has 0 radical (unpaired) electrons. The summed E-state index contributed by atoms with van der Waals surface area (Å²) in [6.07, 6.45) is 3.18. The Hall–Kier alpha value is -1.10. The van der Waals surface area contributed by atoms with Crippen LogP contribution in [0.4, 0.5) is 0 Å². The predicted molar refractivity (Wildman–Crippen MR) is 67.1 cm³/mol. The summed E-state index contributed by atoms with van der Waals surface area (Å²) in [7, 11) is 1.94. The molecule has 1 N–H and O–H groups in total.